The molecule has 4 rings (SSSR count). The third kappa shape index (κ3) is 2.76. The third-order valence-electron chi connectivity index (χ3n) is 4.55. The van der Waals surface area contributed by atoms with Gasteiger partial charge in [-0.1, -0.05) is 22.0 Å². The molecule has 0 radical (unpaired) electrons. The molecule has 1 saturated heterocycles. The van der Waals surface area contributed by atoms with Crippen molar-refractivity contribution in [2.45, 2.75) is 24.3 Å². The fraction of sp³-hybridized carbons (Fsp3) is 0.438. The standard InChI is InChI=1S/C16H19BrN4O2S/c17-12-3-4-13-14(9-12)20(11-16-18-5-6-19-16)10-15(13)24(22,23)21-7-1-2-8-21/h3-4,9-10H,1-2,5-8,11H2,(H,18,19). The first-order valence-corrected chi connectivity index (χ1v) is 10.3. The van der Waals surface area contributed by atoms with Crippen molar-refractivity contribution in [1.82, 2.24) is 14.2 Å². The maximum absolute atomic E-state index is 13.0. The zero-order chi connectivity index (χ0) is 16.7. The fourth-order valence-electron chi connectivity index (χ4n) is 3.35. The van der Waals surface area contributed by atoms with E-state index in [4.69, 9.17) is 0 Å². The molecule has 2 aliphatic rings. The number of rotatable bonds is 4. The van der Waals surface area contributed by atoms with E-state index in [-0.39, 0.29) is 0 Å². The number of aliphatic imine (C=N–C) groups is 1. The Bertz CT molecular complexity index is 914. The van der Waals surface area contributed by atoms with Crippen molar-refractivity contribution in [2.75, 3.05) is 26.2 Å². The first-order valence-electron chi connectivity index (χ1n) is 8.11. The number of hydrogen-bond acceptors (Lipinski definition) is 4. The first kappa shape index (κ1) is 16.1. The Morgan fingerprint density at radius 2 is 2.04 bits per heavy atom. The number of sulfonamides is 1. The zero-order valence-corrected chi connectivity index (χ0v) is 15.6. The minimum absolute atomic E-state index is 0.394. The predicted octanol–water partition coefficient (Wildman–Crippen LogP) is 2.19. The normalized spacial score (nSPS) is 19.0. The second-order valence-corrected chi connectivity index (χ2v) is 8.97. The Morgan fingerprint density at radius 3 is 2.75 bits per heavy atom. The van der Waals surface area contributed by atoms with Crippen molar-refractivity contribution < 1.29 is 8.42 Å². The zero-order valence-electron chi connectivity index (χ0n) is 13.2. The highest BCUT2D eigenvalue weighted by Gasteiger charge is 2.30. The van der Waals surface area contributed by atoms with Crippen LogP contribution in [0.25, 0.3) is 10.9 Å². The first-order chi connectivity index (χ1) is 11.6. The highest BCUT2D eigenvalue weighted by Crippen LogP contribution is 2.31. The largest absolute Gasteiger partial charge is 0.370 e. The van der Waals surface area contributed by atoms with E-state index in [9.17, 15) is 8.42 Å². The van der Waals surface area contributed by atoms with Crippen molar-refractivity contribution in [1.29, 1.82) is 0 Å². The van der Waals surface area contributed by atoms with Gasteiger partial charge in [-0.25, -0.2) is 8.42 Å². The monoisotopic (exact) mass is 410 g/mol. The maximum Gasteiger partial charge on any atom is 0.245 e. The molecule has 0 bridgehead atoms. The number of fused-ring (bicyclic) bond motifs is 1. The van der Waals surface area contributed by atoms with Crippen LogP contribution in [0.3, 0.4) is 0 Å². The Balaban J connectivity index is 1.83. The lowest BCUT2D eigenvalue weighted by molar-refractivity contribution is 0.478. The van der Waals surface area contributed by atoms with Crippen LogP contribution in [-0.4, -0.2) is 49.3 Å². The average molecular weight is 411 g/mol. The number of benzene rings is 1. The van der Waals surface area contributed by atoms with Crippen LogP contribution in [-0.2, 0) is 16.6 Å². The molecule has 6 nitrogen and oxygen atoms in total. The summed E-state index contributed by atoms with van der Waals surface area (Å²) in [6.45, 7) is 3.40. The molecule has 0 unspecified atom stereocenters. The molecule has 1 fully saturated rings. The lowest BCUT2D eigenvalue weighted by Crippen LogP contribution is -2.27. The van der Waals surface area contributed by atoms with Gasteiger partial charge in [0.05, 0.1) is 18.6 Å². The van der Waals surface area contributed by atoms with Gasteiger partial charge < -0.3 is 9.88 Å². The summed E-state index contributed by atoms with van der Waals surface area (Å²) in [5.41, 5.74) is 0.901. The number of nitrogens with zero attached hydrogens (tertiary/aromatic N) is 3. The van der Waals surface area contributed by atoms with E-state index in [0.29, 0.717) is 24.5 Å². The summed E-state index contributed by atoms with van der Waals surface area (Å²) in [5, 5.41) is 4.01. The lowest BCUT2D eigenvalue weighted by atomic mass is 10.2. The molecule has 1 aromatic carbocycles. The van der Waals surface area contributed by atoms with E-state index in [1.54, 1.807) is 10.5 Å². The quantitative estimate of drug-likeness (QED) is 0.839. The minimum atomic E-state index is -3.45. The van der Waals surface area contributed by atoms with Crippen LogP contribution in [0.5, 0.6) is 0 Å². The summed E-state index contributed by atoms with van der Waals surface area (Å²) in [7, 11) is -3.45. The molecule has 2 aromatic rings. The van der Waals surface area contributed by atoms with Gasteiger partial charge in [0, 0.05) is 35.7 Å². The van der Waals surface area contributed by atoms with Crippen molar-refractivity contribution in [2.24, 2.45) is 4.99 Å². The van der Waals surface area contributed by atoms with Gasteiger partial charge in [-0.15, -0.1) is 0 Å². The van der Waals surface area contributed by atoms with Crippen LogP contribution in [0.2, 0.25) is 0 Å². The summed E-state index contributed by atoms with van der Waals surface area (Å²) >= 11 is 3.49. The number of hydrogen-bond donors (Lipinski definition) is 1. The van der Waals surface area contributed by atoms with Crippen LogP contribution >= 0.6 is 15.9 Å². The molecule has 8 heteroatoms. The van der Waals surface area contributed by atoms with Crippen LogP contribution in [0.15, 0.2) is 38.8 Å². The molecule has 0 amide bonds. The number of aromatic nitrogens is 1. The number of halogens is 1. The summed E-state index contributed by atoms with van der Waals surface area (Å²) in [5.74, 6) is 0.900. The molecule has 1 aromatic heterocycles. The van der Waals surface area contributed by atoms with Crippen molar-refractivity contribution >= 4 is 42.7 Å². The van der Waals surface area contributed by atoms with Gasteiger partial charge in [0.15, 0.2) is 0 Å². The molecule has 1 N–H and O–H groups in total. The number of nitrogens with one attached hydrogen (secondary N) is 1. The van der Waals surface area contributed by atoms with E-state index in [2.05, 4.69) is 26.2 Å². The Kier molecular flexibility index (Phi) is 4.14. The third-order valence-corrected chi connectivity index (χ3v) is 6.97. The maximum atomic E-state index is 13.0. The molecule has 2 aliphatic heterocycles. The Morgan fingerprint density at radius 1 is 1.25 bits per heavy atom. The van der Waals surface area contributed by atoms with E-state index >= 15 is 0 Å². The molecule has 0 atom stereocenters. The molecule has 0 aliphatic carbocycles. The van der Waals surface area contributed by atoms with Crippen LogP contribution in [0, 0.1) is 0 Å². The molecular weight excluding hydrogens is 392 g/mol. The summed E-state index contributed by atoms with van der Waals surface area (Å²) < 4.78 is 30.6. The molecule has 24 heavy (non-hydrogen) atoms. The highest BCUT2D eigenvalue weighted by atomic mass is 79.9. The van der Waals surface area contributed by atoms with Crippen LogP contribution < -0.4 is 5.32 Å². The Hall–Kier alpha value is -1.38. The SMILES string of the molecule is O=S(=O)(c1cn(CC2=NCCN2)c2cc(Br)ccc12)N1CCCC1. The average Bonchev–Trinajstić information content (AvgIpc) is 3.28. The van der Waals surface area contributed by atoms with E-state index in [1.165, 1.54) is 0 Å². The molecule has 3 heterocycles. The molecule has 0 saturated carbocycles. The van der Waals surface area contributed by atoms with Gasteiger partial charge in [0.1, 0.15) is 10.7 Å². The second kappa shape index (κ2) is 6.16. The minimum Gasteiger partial charge on any atom is -0.370 e. The molecule has 0 spiro atoms. The lowest BCUT2D eigenvalue weighted by Gasteiger charge is -2.14. The van der Waals surface area contributed by atoms with Crippen molar-refractivity contribution in [3.63, 3.8) is 0 Å². The van der Waals surface area contributed by atoms with E-state index in [0.717, 1.165) is 47.1 Å². The van der Waals surface area contributed by atoms with Crippen LogP contribution in [0.4, 0.5) is 0 Å². The summed E-state index contributed by atoms with van der Waals surface area (Å²) in [6.07, 6.45) is 3.63. The van der Waals surface area contributed by atoms with Crippen molar-refractivity contribution in [3.8, 4) is 0 Å². The molecule has 128 valence electrons. The van der Waals surface area contributed by atoms with Crippen LogP contribution in [0.1, 0.15) is 12.8 Å². The number of amidine groups is 1. The topological polar surface area (TPSA) is 66.7 Å². The van der Waals surface area contributed by atoms with E-state index in [1.807, 2.05) is 22.8 Å². The fourth-order valence-corrected chi connectivity index (χ4v) is 5.43. The second-order valence-electron chi connectivity index (χ2n) is 6.15. The van der Waals surface area contributed by atoms with Gasteiger partial charge >= 0.3 is 0 Å². The van der Waals surface area contributed by atoms with Gasteiger partial charge in [-0.05, 0) is 25.0 Å². The van der Waals surface area contributed by atoms with Gasteiger partial charge in [-0.3, -0.25) is 4.99 Å². The predicted molar refractivity (Wildman–Crippen MR) is 97.9 cm³/mol. The van der Waals surface area contributed by atoms with Gasteiger partial charge in [0.25, 0.3) is 0 Å². The molecular formula is C16H19BrN4O2S. The van der Waals surface area contributed by atoms with Gasteiger partial charge in [0.2, 0.25) is 10.0 Å². The highest BCUT2D eigenvalue weighted by molar-refractivity contribution is 9.10. The smallest absolute Gasteiger partial charge is 0.245 e. The summed E-state index contributed by atoms with van der Waals surface area (Å²) in [6, 6.07) is 5.73. The van der Waals surface area contributed by atoms with Crippen molar-refractivity contribution in [3.05, 3.63) is 28.9 Å². The van der Waals surface area contributed by atoms with Gasteiger partial charge in [-0.2, -0.15) is 4.31 Å². The Labute approximate surface area is 149 Å². The van der Waals surface area contributed by atoms with E-state index < -0.39 is 10.0 Å². The summed E-state index contributed by atoms with van der Waals surface area (Å²) in [4.78, 5) is 4.82.